The van der Waals surface area contributed by atoms with E-state index in [0.717, 1.165) is 0 Å². The highest BCUT2D eigenvalue weighted by Gasteiger charge is 2.16. The van der Waals surface area contributed by atoms with E-state index in [9.17, 15) is 9.59 Å². The molecule has 9 heteroatoms. The molecule has 3 aromatic rings. The van der Waals surface area contributed by atoms with Gasteiger partial charge in [-0.05, 0) is 42.5 Å². The van der Waals surface area contributed by atoms with Crippen LogP contribution in [0.5, 0.6) is 5.75 Å². The van der Waals surface area contributed by atoms with Crippen molar-refractivity contribution >= 4 is 23.4 Å². The third-order valence-electron chi connectivity index (χ3n) is 3.75. The Morgan fingerprint density at radius 1 is 1.07 bits per heavy atom. The van der Waals surface area contributed by atoms with Crippen molar-refractivity contribution in [2.24, 2.45) is 0 Å². The summed E-state index contributed by atoms with van der Waals surface area (Å²) >= 11 is 5.84. The molecule has 0 spiro atoms. The van der Waals surface area contributed by atoms with Crippen LogP contribution in [0, 0.1) is 0 Å². The van der Waals surface area contributed by atoms with Crippen molar-refractivity contribution in [2.45, 2.75) is 0 Å². The Morgan fingerprint density at radius 3 is 2.50 bits per heavy atom. The number of halogens is 1. The molecule has 0 saturated carbocycles. The van der Waals surface area contributed by atoms with Gasteiger partial charge in [0.2, 0.25) is 5.82 Å². The lowest BCUT2D eigenvalue weighted by Crippen LogP contribution is -2.34. The maximum atomic E-state index is 12.1. The minimum absolute atomic E-state index is 0.163. The van der Waals surface area contributed by atoms with E-state index in [1.54, 1.807) is 48.5 Å². The molecule has 3 rings (SSSR count). The number of methoxy groups -OCH3 is 1. The zero-order valence-electron chi connectivity index (χ0n) is 14.9. The van der Waals surface area contributed by atoms with Gasteiger partial charge in [0.15, 0.2) is 0 Å². The fourth-order valence-corrected chi connectivity index (χ4v) is 2.45. The fourth-order valence-electron chi connectivity index (χ4n) is 2.33. The van der Waals surface area contributed by atoms with Crippen LogP contribution in [0.25, 0.3) is 11.4 Å². The van der Waals surface area contributed by atoms with Gasteiger partial charge in [0.05, 0.1) is 7.11 Å². The molecule has 0 aliphatic rings. The highest BCUT2D eigenvalue weighted by atomic mass is 35.5. The molecular formula is C19H17ClN4O4. The Morgan fingerprint density at radius 2 is 1.79 bits per heavy atom. The number of benzene rings is 2. The molecule has 0 radical (unpaired) electrons. The number of carbonyl (C=O) groups excluding carboxylic acids is 2. The first-order chi connectivity index (χ1) is 13.6. The van der Waals surface area contributed by atoms with Gasteiger partial charge in [0, 0.05) is 29.2 Å². The number of carbonyl (C=O) groups is 2. The number of nitrogens with zero attached hydrogens (tertiary/aromatic N) is 2. The molecule has 1 heterocycles. The average molecular weight is 401 g/mol. The molecule has 28 heavy (non-hydrogen) atoms. The summed E-state index contributed by atoms with van der Waals surface area (Å²) in [6.07, 6.45) is 0. The van der Waals surface area contributed by atoms with E-state index in [1.165, 1.54) is 7.11 Å². The van der Waals surface area contributed by atoms with Gasteiger partial charge in [-0.2, -0.15) is 4.98 Å². The number of hydrogen-bond acceptors (Lipinski definition) is 6. The van der Waals surface area contributed by atoms with Gasteiger partial charge in [0.25, 0.3) is 5.91 Å². The fraction of sp³-hybridized carbons (Fsp3) is 0.158. The van der Waals surface area contributed by atoms with Crippen LogP contribution in [-0.4, -0.2) is 42.2 Å². The van der Waals surface area contributed by atoms with Crippen molar-refractivity contribution in [3.63, 3.8) is 0 Å². The summed E-state index contributed by atoms with van der Waals surface area (Å²) in [5.41, 5.74) is 1.15. The summed E-state index contributed by atoms with van der Waals surface area (Å²) in [6, 6.07) is 13.6. The van der Waals surface area contributed by atoms with Crippen molar-refractivity contribution < 1.29 is 18.8 Å². The molecule has 0 aliphatic carbocycles. The molecule has 0 bridgehead atoms. The highest BCUT2D eigenvalue weighted by Crippen LogP contribution is 2.18. The van der Waals surface area contributed by atoms with Crippen LogP contribution in [0.4, 0.5) is 0 Å². The van der Waals surface area contributed by atoms with Crippen LogP contribution in [0.3, 0.4) is 0 Å². The number of hydrogen-bond donors (Lipinski definition) is 2. The Labute approximate surface area is 165 Å². The second kappa shape index (κ2) is 9.01. The zero-order chi connectivity index (χ0) is 19.9. The lowest BCUT2D eigenvalue weighted by Gasteiger charge is -2.07. The van der Waals surface area contributed by atoms with Crippen molar-refractivity contribution in [1.29, 1.82) is 0 Å². The van der Waals surface area contributed by atoms with Crippen LogP contribution >= 0.6 is 11.6 Å². The zero-order valence-corrected chi connectivity index (χ0v) is 15.7. The van der Waals surface area contributed by atoms with Crippen molar-refractivity contribution in [2.75, 3.05) is 20.2 Å². The lowest BCUT2D eigenvalue weighted by atomic mass is 10.2. The SMILES string of the molecule is COc1cccc(C(=O)NCCNC(=O)c2nc(-c3ccc(Cl)cc3)no2)c1. The van der Waals surface area contributed by atoms with E-state index >= 15 is 0 Å². The molecule has 2 aromatic carbocycles. The van der Waals surface area contributed by atoms with Gasteiger partial charge >= 0.3 is 11.8 Å². The Hall–Kier alpha value is -3.39. The largest absolute Gasteiger partial charge is 0.497 e. The molecule has 2 amide bonds. The predicted molar refractivity (Wildman–Crippen MR) is 102 cm³/mol. The summed E-state index contributed by atoms with van der Waals surface area (Å²) in [4.78, 5) is 28.2. The van der Waals surface area contributed by atoms with Crippen LogP contribution in [0.1, 0.15) is 21.0 Å². The number of ether oxygens (including phenoxy) is 1. The van der Waals surface area contributed by atoms with Crippen LogP contribution in [-0.2, 0) is 0 Å². The standard InChI is InChI=1S/C19H17ClN4O4/c1-27-15-4-2-3-13(11-15)17(25)21-9-10-22-18(26)19-23-16(24-28-19)12-5-7-14(20)8-6-12/h2-8,11H,9-10H2,1H3,(H,21,25)(H,22,26). The number of nitrogens with one attached hydrogen (secondary N) is 2. The van der Waals surface area contributed by atoms with E-state index in [1.807, 2.05) is 0 Å². The molecule has 0 atom stereocenters. The molecule has 0 aliphatic heterocycles. The maximum absolute atomic E-state index is 12.1. The normalized spacial score (nSPS) is 10.4. The van der Waals surface area contributed by atoms with E-state index in [2.05, 4.69) is 20.8 Å². The highest BCUT2D eigenvalue weighted by molar-refractivity contribution is 6.30. The quantitative estimate of drug-likeness (QED) is 0.590. The topological polar surface area (TPSA) is 106 Å². The number of rotatable bonds is 7. The van der Waals surface area contributed by atoms with E-state index < -0.39 is 5.91 Å². The average Bonchev–Trinajstić information content (AvgIpc) is 3.22. The monoisotopic (exact) mass is 400 g/mol. The first kappa shape index (κ1) is 19.4. The van der Waals surface area contributed by atoms with E-state index in [-0.39, 0.29) is 30.7 Å². The molecule has 144 valence electrons. The van der Waals surface area contributed by atoms with Gasteiger partial charge < -0.3 is 19.9 Å². The van der Waals surface area contributed by atoms with E-state index in [0.29, 0.717) is 21.9 Å². The van der Waals surface area contributed by atoms with Crippen LogP contribution < -0.4 is 15.4 Å². The first-order valence-electron chi connectivity index (χ1n) is 8.37. The minimum atomic E-state index is -0.525. The molecule has 8 nitrogen and oxygen atoms in total. The minimum Gasteiger partial charge on any atom is -0.497 e. The molecule has 2 N–H and O–H groups in total. The molecule has 1 aromatic heterocycles. The second-order valence-electron chi connectivity index (χ2n) is 5.67. The van der Waals surface area contributed by atoms with Crippen LogP contribution in [0.15, 0.2) is 53.1 Å². The third kappa shape index (κ3) is 4.86. The predicted octanol–water partition coefficient (Wildman–Crippen LogP) is 2.56. The van der Waals surface area contributed by atoms with E-state index in [4.69, 9.17) is 20.9 Å². The number of amides is 2. The second-order valence-corrected chi connectivity index (χ2v) is 6.11. The van der Waals surface area contributed by atoms with Crippen molar-refractivity contribution in [3.8, 4) is 17.1 Å². The molecule has 0 fully saturated rings. The smallest absolute Gasteiger partial charge is 0.316 e. The van der Waals surface area contributed by atoms with Crippen LogP contribution in [0.2, 0.25) is 5.02 Å². The van der Waals surface area contributed by atoms with Gasteiger partial charge in [-0.1, -0.05) is 22.8 Å². The van der Waals surface area contributed by atoms with Gasteiger partial charge in [-0.3, -0.25) is 9.59 Å². The van der Waals surface area contributed by atoms with Crippen molar-refractivity contribution in [1.82, 2.24) is 20.8 Å². The summed E-state index contributed by atoms with van der Waals surface area (Å²) in [7, 11) is 1.53. The molecule has 0 unspecified atom stereocenters. The lowest BCUT2D eigenvalue weighted by molar-refractivity contribution is 0.0898. The Kier molecular flexibility index (Phi) is 6.23. The van der Waals surface area contributed by atoms with Gasteiger partial charge in [-0.15, -0.1) is 0 Å². The van der Waals surface area contributed by atoms with Gasteiger partial charge in [0.1, 0.15) is 5.75 Å². The molecular weight excluding hydrogens is 384 g/mol. The summed E-state index contributed by atoms with van der Waals surface area (Å²) in [6.45, 7) is 0.438. The maximum Gasteiger partial charge on any atom is 0.316 e. The van der Waals surface area contributed by atoms with Gasteiger partial charge in [-0.25, -0.2) is 0 Å². The third-order valence-corrected chi connectivity index (χ3v) is 4.00. The summed E-state index contributed by atoms with van der Waals surface area (Å²) in [5, 5.41) is 9.67. The number of aromatic nitrogens is 2. The first-order valence-corrected chi connectivity index (χ1v) is 8.74. The summed E-state index contributed by atoms with van der Waals surface area (Å²) in [5.74, 6) is -0.0784. The molecule has 0 saturated heterocycles. The van der Waals surface area contributed by atoms with Crippen molar-refractivity contribution in [3.05, 3.63) is 65.0 Å². The summed E-state index contributed by atoms with van der Waals surface area (Å²) < 4.78 is 10.1. The Bertz CT molecular complexity index is 972. The Balaban J connectivity index is 1.48.